The van der Waals surface area contributed by atoms with E-state index in [2.05, 4.69) is 4.90 Å². The predicted octanol–water partition coefficient (Wildman–Crippen LogP) is 1.48. The molecule has 0 spiro atoms. The van der Waals surface area contributed by atoms with Gasteiger partial charge in [0.1, 0.15) is 5.60 Å². The summed E-state index contributed by atoms with van der Waals surface area (Å²) in [5.41, 5.74) is 0.311. The number of hydrogen-bond acceptors (Lipinski definition) is 4. The number of morpholine rings is 1. The zero-order valence-corrected chi connectivity index (χ0v) is 10.8. The minimum atomic E-state index is -1.32. The molecule has 0 radical (unpaired) electrons. The summed E-state index contributed by atoms with van der Waals surface area (Å²) in [5, 5.41) is 9.68. The number of ketones is 1. The van der Waals surface area contributed by atoms with Gasteiger partial charge in [-0.2, -0.15) is 0 Å². The Hall–Kier alpha value is -1.39. The number of rotatable bonds is 3. The van der Waals surface area contributed by atoms with Crippen molar-refractivity contribution in [2.24, 2.45) is 0 Å². The number of anilines is 1. The number of benzene rings is 1. The van der Waals surface area contributed by atoms with E-state index < -0.39 is 5.60 Å². The first-order valence-electron chi connectivity index (χ1n) is 6.18. The molecule has 0 aliphatic carbocycles. The number of ether oxygens (including phenoxy) is 1. The van der Waals surface area contributed by atoms with E-state index in [-0.39, 0.29) is 5.78 Å². The average molecular weight is 249 g/mol. The van der Waals surface area contributed by atoms with Crippen LogP contribution in [0.15, 0.2) is 24.3 Å². The highest BCUT2D eigenvalue weighted by Gasteiger charge is 2.25. The zero-order chi connectivity index (χ0) is 13.2. The number of Topliss-reactive ketones (excluding diaryl/α,β-unsaturated/α-hetero) is 1. The fraction of sp³-hybridized carbons (Fsp3) is 0.500. The fourth-order valence-corrected chi connectivity index (χ4v) is 2.00. The molecule has 1 saturated heterocycles. The summed E-state index contributed by atoms with van der Waals surface area (Å²) in [6, 6.07) is 7.38. The molecule has 1 aliphatic heterocycles. The molecule has 18 heavy (non-hydrogen) atoms. The van der Waals surface area contributed by atoms with Crippen LogP contribution in [0.25, 0.3) is 0 Å². The van der Waals surface area contributed by atoms with E-state index in [1.165, 1.54) is 13.8 Å². The van der Waals surface area contributed by atoms with Crippen molar-refractivity contribution in [1.29, 1.82) is 0 Å². The SMILES string of the molecule is CC(C)(O)C(=O)c1ccc(N2CCOCC2)cc1. The third-order valence-corrected chi connectivity index (χ3v) is 3.06. The van der Waals surface area contributed by atoms with Crippen molar-refractivity contribution in [1.82, 2.24) is 0 Å². The van der Waals surface area contributed by atoms with Gasteiger partial charge in [0.2, 0.25) is 0 Å². The van der Waals surface area contributed by atoms with Crippen molar-refractivity contribution in [3.05, 3.63) is 29.8 Å². The van der Waals surface area contributed by atoms with Crippen molar-refractivity contribution < 1.29 is 14.6 Å². The number of aliphatic hydroxyl groups is 1. The van der Waals surface area contributed by atoms with Crippen LogP contribution in [0, 0.1) is 0 Å². The lowest BCUT2D eigenvalue weighted by Gasteiger charge is -2.29. The molecule has 1 aromatic carbocycles. The summed E-state index contributed by atoms with van der Waals surface area (Å²) in [6.45, 7) is 6.24. The topological polar surface area (TPSA) is 49.8 Å². The lowest BCUT2D eigenvalue weighted by Crippen LogP contribution is -2.36. The molecule has 4 heteroatoms. The molecule has 0 unspecified atom stereocenters. The van der Waals surface area contributed by atoms with Crippen LogP contribution < -0.4 is 4.90 Å². The first-order chi connectivity index (χ1) is 8.48. The van der Waals surface area contributed by atoms with Crippen molar-refractivity contribution in [3.8, 4) is 0 Å². The Morgan fingerprint density at radius 1 is 1.22 bits per heavy atom. The Labute approximate surface area is 107 Å². The molecule has 1 aromatic rings. The minimum absolute atomic E-state index is 0.254. The van der Waals surface area contributed by atoms with Crippen molar-refractivity contribution in [2.45, 2.75) is 19.4 Å². The van der Waals surface area contributed by atoms with E-state index in [9.17, 15) is 9.90 Å². The Balaban J connectivity index is 2.12. The quantitative estimate of drug-likeness (QED) is 0.824. The lowest BCUT2D eigenvalue weighted by atomic mass is 9.97. The molecule has 0 bridgehead atoms. The van der Waals surface area contributed by atoms with Gasteiger partial charge in [-0.15, -0.1) is 0 Å². The highest BCUT2D eigenvalue weighted by atomic mass is 16.5. The van der Waals surface area contributed by atoms with Gasteiger partial charge >= 0.3 is 0 Å². The highest BCUT2D eigenvalue weighted by molar-refractivity contribution is 6.01. The summed E-state index contributed by atoms with van der Waals surface area (Å²) in [5.74, 6) is -0.254. The first-order valence-corrected chi connectivity index (χ1v) is 6.18. The van der Waals surface area contributed by atoms with Crippen LogP contribution in [0.5, 0.6) is 0 Å². The molecular formula is C14H19NO3. The third kappa shape index (κ3) is 2.89. The largest absolute Gasteiger partial charge is 0.382 e. The van der Waals surface area contributed by atoms with Crippen LogP contribution >= 0.6 is 0 Å². The minimum Gasteiger partial charge on any atom is -0.382 e. The van der Waals surface area contributed by atoms with E-state index in [1.807, 2.05) is 12.1 Å². The number of carbonyl (C=O) groups excluding carboxylic acids is 1. The van der Waals surface area contributed by atoms with E-state index in [0.29, 0.717) is 5.56 Å². The van der Waals surface area contributed by atoms with Crippen LogP contribution in [0.1, 0.15) is 24.2 Å². The molecule has 1 aliphatic rings. The van der Waals surface area contributed by atoms with Crippen LogP contribution in [0.3, 0.4) is 0 Å². The summed E-state index contributed by atoms with van der Waals surface area (Å²) in [4.78, 5) is 14.1. The van der Waals surface area contributed by atoms with Crippen LogP contribution in [-0.4, -0.2) is 42.8 Å². The Morgan fingerprint density at radius 2 is 1.78 bits per heavy atom. The maximum atomic E-state index is 11.9. The summed E-state index contributed by atoms with van der Waals surface area (Å²) >= 11 is 0. The van der Waals surface area contributed by atoms with Gasteiger partial charge in [0.05, 0.1) is 13.2 Å². The third-order valence-electron chi connectivity index (χ3n) is 3.06. The molecule has 0 atom stereocenters. The van der Waals surface area contributed by atoms with Crippen molar-refractivity contribution >= 4 is 11.5 Å². The molecule has 98 valence electrons. The number of carbonyl (C=O) groups is 1. The lowest BCUT2D eigenvalue weighted by molar-refractivity contribution is 0.0488. The molecule has 0 saturated carbocycles. The van der Waals surface area contributed by atoms with Gasteiger partial charge in [0, 0.05) is 24.3 Å². The van der Waals surface area contributed by atoms with Gasteiger partial charge in [0.25, 0.3) is 0 Å². The monoisotopic (exact) mass is 249 g/mol. The van der Waals surface area contributed by atoms with E-state index >= 15 is 0 Å². The normalized spacial score (nSPS) is 16.7. The molecular weight excluding hydrogens is 230 g/mol. The second-order valence-corrected chi connectivity index (χ2v) is 5.03. The Bertz CT molecular complexity index is 414. The maximum Gasteiger partial charge on any atom is 0.193 e. The van der Waals surface area contributed by atoms with Crippen LogP contribution in [0.2, 0.25) is 0 Å². The summed E-state index contributed by atoms with van der Waals surface area (Å²) in [7, 11) is 0. The molecule has 2 rings (SSSR count). The van der Waals surface area contributed by atoms with Crippen LogP contribution in [0.4, 0.5) is 5.69 Å². The first kappa shape index (κ1) is 13.1. The van der Waals surface area contributed by atoms with E-state index in [4.69, 9.17) is 4.74 Å². The zero-order valence-electron chi connectivity index (χ0n) is 10.8. The van der Waals surface area contributed by atoms with Crippen LogP contribution in [-0.2, 0) is 4.74 Å². The maximum absolute atomic E-state index is 11.9. The van der Waals surface area contributed by atoms with Crippen molar-refractivity contribution in [3.63, 3.8) is 0 Å². The number of hydrogen-bond donors (Lipinski definition) is 1. The molecule has 1 fully saturated rings. The summed E-state index contributed by atoms with van der Waals surface area (Å²) < 4.78 is 5.30. The second-order valence-electron chi connectivity index (χ2n) is 5.03. The summed E-state index contributed by atoms with van der Waals surface area (Å²) in [6.07, 6.45) is 0. The molecule has 1 N–H and O–H groups in total. The second kappa shape index (κ2) is 5.08. The molecule has 4 nitrogen and oxygen atoms in total. The number of nitrogens with zero attached hydrogens (tertiary/aromatic N) is 1. The van der Waals surface area contributed by atoms with Gasteiger partial charge in [-0.05, 0) is 38.1 Å². The standard InChI is InChI=1S/C14H19NO3/c1-14(2,17)13(16)11-3-5-12(6-4-11)15-7-9-18-10-8-15/h3-6,17H,7-10H2,1-2H3. The molecule has 0 amide bonds. The van der Waals surface area contributed by atoms with Gasteiger partial charge in [-0.1, -0.05) is 0 Å². The highest BCUT2D eigenvalue weighted by Crippen LogP contribution is 2.19. The molecule has 0 aromatic heterocycles. The fourth-order valence-electron chi connectivity index (χ4n) is 2.00. The predicted molar refractivity (Wildman–Crippen MR) is 70.1 cm³/mol. The van der Waals surface area contributed by atoms with Gasteiger partial charge in [-0.25, -0.2) is 0 Å². The average Bonchev–Trinajstić information content (AvgIpc) is 2.38. The smallest absolute Gasteiger partial charge is 0.193 e. The van der Waals surface area contributed by atoms with Gasteiger partial charge in [-0.3, -0.25) is 4.79 Å². The van der Waals surface area contributed by atoms with E-state index in [0.717, 1.165) is 32.0 Å². The van der Waals surface area contributed by atoms with Gasteiger partial charge < -0.3 is 14.7 Å². The Morgan fingerprint density at radius 3 is 2.28 bits per heavy atom. The van der Waals surface area contributed by atoms with Gasteiger partial charge in [0.15, 0.2) is 5.78 Å². The molecule has 1 heterocycles. The van der Waals surface area contributed by atoms with Crippen molar-refractivity contribution in [2.75, 3.05) is 31.2 Å². The Kier molecular flexibility index (Phi) is 3.68. The van der Waals surface area contributed by atoms with E-state index in [1.54, 1.807) is 12.1 Å².